The lowest BCUT2D eigenvalue weighted by Gasteiger charge is -2.29. The van der Waals surface area contributed by atoms with E-state index in [0.29, 0.717) is 17.9 Å². The SMILES string of the molecule is CN(Cc1cn(-c2ccccc2)nc1-c1cccs1)C(=O)CCC(=O)N1CC(=O)Nc2ccccc21. The Morgan fingerprint density at radius 2 is 1.81 bits per heavy atom. The van der Waals surface area contributed by atoms with Gasteiger partial charge in [0.1, 0.15) is 12.2 Å². The second-order valence-corrected chi connectivity index (χ2v) is 9.50. The molecule has 0 saturated carbocycles. The molecule has 5 rings (SSSR count). The smallest absolute Gasteiger partial charge is 0.244 e. The average molecular weight is 500 g/mol. The highest BCUT2D eigenvalue weighted by Gasteiger charge is 2.27. The molecule has 0 saturated heterocycles. The van der Waals surface area contributed by atoms with E-state index in [2.05, 4.69) is 5.32 Å². The molecule has 1 N–H and O–H groups in total. The number of hydrogen-bond donors (Lipinski definition) is 1. The summed E-state index contributed by atoms with van der Waals surface area (Å²) in [6.45, 7) is 0.310. The van der Waals surface area contributed by atoms with Crippen molar-refractivity contribution in [1.82, 2.24) is 14.7 Å². The van der Waals surface area contributed by atoms with E-state index in [0.717, 1.165) is 21.8 Å². The Morgan fingerprint density at radius 3 is 2.58 bits per heavy atom. The van der Waals surface area contributed by atoms with Gasteiger partial charge >= 0.3 is 0 Å². The number of nitrogens with one attached hydrogen (secondary N) is 1. The second-order valence-electron chi connectivity index (χ2n) is 8.56. The number of benzene rings is 2. The van der Waals surface area contributed by atoms with Gasteiger partial charge < -0.3 is 15.1 Å². The highest BCUT2D eigenvalue weighted by atomic mass is 32.1. The number of carbonyl (C=O) groups excluding carboxylic acids is 3. The van der Waals surface area contributed by atoms with Crippen molar-refractivity contribution in [1.29, 1.82) is 0 Å². The van der Waals surface area contributed by atoms with Crippen molar-refractivity contribution >= 4 is 40.4 Å². The van der Waals surface area contributed by atoms with Gasteiger partial charge in [-0.05, 0) is 35.7 Å². The lowest BCUT2D eigenvalue weighted by Crippen LogP contribution is -2.42. The summed E-state index contributed by atoms with van der Waals surface area (Å²) in [5.41, 5.74) is 3.94. The van der Waals surface area contributed by atoms with Gasteiger partial charge in [0.2, 0.25) is 17.7 Å². The number of para-hydroxylation sites is 3. The molecule has 2 aromatic heterocycles. The zero-order valence-electron chi connectivity index (χ0n) is 19.8. The fourth-order valence-corrected chi connectivity index (χ4v) is 4.94. The molecule has 182 valence electrons. The monoisotopic (exact) mass is 499 g/mol. The van der Waals surface area contributed by atoms with Crippen LogP contribution in [0, 0.1) is 0 Å². The van der Waals surface area contributed by atoms with Crippen LogP contribution in [0.2, 0.25) is 0 Å². The number of anilines is 2. The minimum Gasteiger partial charge on any atom is -0.341 e. The van der Waals surface area contributed by atoms with Crippen LogP contribution in [0.25, 0.3) is 16.3 Å². The molecular formula is C27H25N5O3S. The Morgan fingerprint density at radius 1 is 1.03 bits per heavy atom. The number of hydrogen-bond acceptors (Lipinski definition) is 5. The van der Waals surface area contributed by atoms with Crippen molar-refractivity contribution in [2.75, 3.05) is 23.8 Å². The van der Waals surface area contributed by atoms with Crippen LogP contribution in [0.3, 0.4) is 0 Å². The van der Waals surface area contributed by atoms with E-state index >= 15 is 0 Å². The normalized spacial score (nSPS) is 12.7. The van der Waals surface area contributed by atoms with Crippen LogP contribution in [0.5, 0.6) is 0 Å². The number of carbonyl (C=O) groups is 3. The van der Waals surface area contributed by atoms with Gasteiger partial charge in [0.05, 0.1) is 21.9 Å². The first-order valence-corrected chi connectivity index (χ1v) is 12.5. The summed E-state index contributed by atoms with van der Waals surface area (Å²) >= 11 is 1.60. The van der Waals surface area contributed by atoms with Gasteiger partial charge in [-0.3, -0.25) is 14.4 Å². The third-order valence-corrected chi connectivity index (χ3v) is 6.90. The molecule has 0 bridgehead atoms. The van der Waals surface area contributed by atoms with Crippen molar-refractivity contribution in [3.63, 3.8) is 0 Å². The summed E-state index contributed by atoms with van der Waals surface area (Å²) < 4.78 is 1.82. The van der Waals surface area contributed by atoms with Crippen LogP contribution in [0.1, 0.15) is 18.4 Å². The molecule has 0 atom stereocenters. The van der Waals surface area contributed by atoms with E-state index in [9.17, 15) is 14.4 Å². The molecule has 8 nitrogen and oxygen atoms in total. The summed E-state index contributed by atoms with van der Waals surface area (Å²) in [7, 11) is 1.73. The molecule has 0 fully saturated rings. The van der Waals surface area contributed by atoms with E-state index in [1.165, 1.54) is 4.90 Å². The predicted molar refractivity (Wildman–Crippen MR) is 140 cm³/mol. The molecule has 3 heterocycles. The van der Waals surface area contributed by atoms with Crippen molar-refractivity contribution in [3.8, 4) is 16.3 Å². The fraction of sp³-hybridized carbons (Fsp3) is 0.185. The molecular weight excluding hydrogens is 474 g/mol. The van der Waals surface area contributed by atoms with Crippen LogP contribution in [-0.2, 0) is 20.9 Å². The zero-order chi connectivity index (χ0) is 25.1. The van der Waals surface area contributed by atoms with Gasteiger partial charge in [-0.1, -0.05) is 36.4 Å². The Bertz CT molecular complexity index is 1400. The Balaban J connectivity index is 1.27. The fourth-order valence-electron chi connectivity index (χ4n) is 4.20. The molecule has 0 radical (unpaired) electrons. The Hall–Kier alpha value is -4.24. The topological polar surface area (TPSA) is 87.5 Å². The number of nitrogens with zero attached hydrogens (tertiary/aromatic N) is 4. The van der Waals surface area contributed by atoms with Crippen molar-refractivity contribution in [2.45, 2.75) is 19.4 Å². The molecule has 0 unspecified atom stereocenters. The second kappa shape index (κ2) is 10.2. The molecule has 0 aliphatic carbocycles. The van der Waals surface area contributed by atoms with E-state index in [-0.39, 0.29) is 37.1 Å². The van der Waals surface area contributed by atoms with Gasteiger partial charge in [-0.25, -0.2) is 4.68 Å². The maximum Gasteiger partial charge on any atom is 0.244 e. The summed E-state index contributed by atoms with van der Waals surface area (Å²) in [6, 6.07) is 21.0. The lowest BCUT2D eigenvalue weighted by atomic mass is 10.1. The van der Waals surface area contributed by atoms with Gasteiger partial charge in [0.25, 0.3) is 0 Å². The number of fused-ring (bicyclic) bond motifs is 1. The molecule has 0 spiro atoms. The summed E-state index contributed by atoms with van der Waals surface area (Å²) in [6.07, 6.45) is 2.02. The molecule has 1 aliphatic heterocycles. The van der Waals surface area contributed by atoms with Crippen LogP contribution in [-0.4, -0.2) is 46.0 Å². The molecule has 36 heavy (non-hydrogen) atoms. The average Bonchev–Trinajstić information content (AvgIpc) is 3.57. The number of rotatable bonds is 7. The first-order chi connectivity index (χ1) is 17.5. The van der Waals surface area contributed by atoms with Gasteiger partial charge in [0.15, 0.2) is 0 Å². The molecule has 1 aliphatic rings. The quantitative estimate of drug-likeness (QED) is 0.410. The van der Waals surface area contributed by atoms with Crippen LogP contribution in [0.4, 0.5) is 11.4 Å². The van der Waals surface area contributed by atoms with Crippen molar-refractivity contribution < 1.29 is 14.4 Å². The summed E-state index contributed by atoms with van der Waals surface area (Å²) in [5.74, 6) is -0.653. The first-order valence-electron chi connectivity index (χ1n) is 11.6. The molecule has 9 heteroatoms. The van der Waals surface area contributed by atoms with Crippen molar-refractivity contribution in [2.24, 2.45) is 0 Å². The van der Waals surface area contributed by atoms with Crippen molar-refractivity contribution in [3.05, 3.63) is 83.9 Å². The van der Waals surface area contributed by atoms with E-state index < -0.39 is 0 Å². The predicted octanol–water partition coefficient (Wildman–Crippen LogP) is 4.32. The standard InChI is InChI=1S/C27H25N5O3S/c1-30(25(34)13-14-26(35)31-18-24(33)28-21-10-5-6-11-22(21)31)16-19-17-32(20-8-3-2-4-9-20)29-27(19)23-12-7-15-36-23/h2-12,15,17H,13-14,16,18H2,1H3,(H,28,33). The van der Waals surface area contributed by atoms with Gasteiger partial charge in [0, 0.05) is 38.2 Å². The number of aromatic nitrogens is 2. The minimum absolute atomic E-state index is 0.0197. The van der Waals surface area contributed by atoms with Crippen LogP contribution < -0.4 is 10.2 Å². The van der Waals surface area contributed by atoms with Gasteiger partial charge in [-0.15, -0.1) is 11.3 Å². The number of thiophene rings is 1. The summed E-state index contributed by atoms with van der Waals surface area (Å²) in [5, 5.41) is 9.56. The van der Waals surface area contributed by atoms with E-state index in [1.807, 2.05) is 64.8 Å². The first kappa shape index (κ1) is 23.5. The molecule has 3 amide bonds. The van der Waals surface area contributed by atoms with Gasteiger partial charge in [-0.2, -0.15) is 5.10 Å². The third kappa shape index (κ3) is 4.92. The lowest BCUT2D eigenvalue weighted by molar-refractivity contribution is -0.132. The molecule has 2 aromatic carbocycles. The highest BCUT2D eigenvalue weighted by Crippen LogP contribution is 2.30. The highest BCUT2D eigenvalue weighted by molar-refractivity contribution is 7.13. The third-order valence-electron chi connectivity index (χ3n) is 6.02. The van der Waals surface area contributed by atoms with E-state index in [1.54, 1.807) is 41.5 Å². The summed E-state index contributed by atoms with van der Waals surface area (Å²) in [4.78, 5) is 42.0. The zero-order valence-corrected chi connectivity index (χ0v) is 20.6. The largest absolute Gasteiger partial charge is 0.341 e. The van der Waals surface area contributed by atoms with Crippen LogP contribution in [0.15, 0.2) is 78.3 Å². The Kier molecular flexibility index (Phi) is 6.64. The Labute approximate surface area is 212 Å². The number of amides is 3. The van der Waals surface area contributed by atoms with E-state index in [4.69, 9.17) is 5.10 Å². The molecule has 4 aromatic rings. The van der Waals surface area contributed by atoms with Crippen LogP contribution >= 0.6 is 11.3 Å². The minimum atomic E-state index is -0.254. The maximum absolute atomic E-state index is 13.0. The maximum atomic E-state index is 13.0.